The van der Waals surface area contributed by atoms with E-state index in [0.29, 0.717) is 17.9 Å². The van der Waals surface area contributed by atoms with E-state index in [1.807, 2.05) is 12.5 Å². The third-order valence-corrected chi connectivity index (χ3v) is 5.79. The van der Waals surface area contributed by atoms with Gasteiger partial charge in [-0.05, 0) is 49.7 Å². The molecule has 5 unspecified atom stereocenters. The molecule has 0 heterocycles. The highest BCUT2D eigenvalue weighted by atomic mass is 32.2. The molecule has 0 saturated heterocycles. The van der Waals surface area contributed by atoms with Gasteiger partial charge in [-0.25, -0.2) is 4.79 Å². The van der Waals surface area contributed by atoms with Crippen molar-refractivity contribution in [2.24, 2.45) is 11.7 Å². The number of aliphatic hydroxyl groups excluding tert-OH is 1. The molecule has 180 valence electrons. The molecular weight excluding hydrogens is 444 g/mol. The number of carboxylic acid groups (broad SMARTS) is 1. The molecule has 0 aliphatic carbocycles. The fourth-order valence-corrected chi connectivity index (χ4v) is 3.54. The minimum atomic E-state index is -1.50. The van der Waals surface area contributed by atoms with Gasteiger partial charge in [0.25, 0.3) is 0 Å². The van der Waals surface area contributed by atoms with Gasteiger partial charge in [0.05, 0.1) is 12.1 Å². The van der Waals surface area contributed by atoms with Crippen molar-refractivity contribution in [1.29, 1.82) is 0 Å². The molecule has 0 rings (SSSR count). The number of aliphatic carboxylic acids is 1. The van der Waals surface area contributed by atoms with Crippen LogP contribution in [0.4, 0.5) is 0 Å². The summed E-state index contributed by atoms with van der Waals surface area (Å²) >= 11 is 3.02. The van der Waals surface area contributed by atoms with Crippen LogP contribution in [0.2, 0.25) is 0 Å². The van der Waals surface area contributed by atoms with Gasteiger partial charge in [0.15, 0.2) is 6.04 Å². The van der Waals surface area contributed by atoms with Crippen molar-refractivity contribution in [2.45, 2.75) is 63.9 Å². The molecule has 0 aliphatic heterocycles. The van der Waals surface area contributed by atoms with Crippen molar-refractivity contribution >= 4 is 47.2 Å². The highest BCUT2D eigenvalue weighted by molar-refractivity contribution is 7.98. The van der Waals surface area contributed by atoms with Gasteiger partial charge in [-0.1, -0.05) is 13.8 Å². The normalized spacial score (nSPS) is 16.0. The third-order valence-electron chi connectivity index (χ3n) is 4.51. The summed E-state index contributed by atoms with van der Waals surface area (Å²) in [4.78, 5) is 49.1. The summed E-state index contributed by atoms with van der Waals surface area (Å²) in [6.45, 7) is 4.75. The van der Waals surface area contributed by atoms with Crippen LogP contribution in [0, 0.1) is 5.92 Å². The van der Waals surface area contributed by atoms with E-state index >= 15 is 0 Å². The third kappa shape index (κ3) is 11.1. The molecule has 5 atom stereocenters. The number of carbonyl (C=O) groups is 4. The summed E-state index contributed by atoms with van der Waals surface area (Å²) < 4.78 is 0. The van der Waals surface area contributed by atoms with Crippen molar-refractivity contribution in [1.82, 2.24) is 16.0 Å². The minimum absolute atomic E-state index is 0.247. The van der Waals surface area contributed by atoms with Crippen molar-refractivity contribution < 1.29 is 29.4 Å². The summed E-state index contributed by atoms with van der Waals surface area (Å²) in [5.74, 6) is -2.16. The maximum atomic E-state index is 12.9. The van der Waals surface area contributed by atoms with Crippen LogP contribution in [0.5, 0.6) is 0 Å². The van der Waals surface area contributed by atoms with Gasteiger partial charge >= 0.3 is 5.97 Å². The van der Waals surface area contributed by atoms with Gasteiger partial charge in [-0.15, -0.1) is 0 Å². The number of nitrogens with one attached hydrogen (secondary N) is 3. The van der Waals surface area contributed by atoms with E-state index in [1.54, 1.807) is 25.6 Å². The van der Waals surface area contributed by atoms with Crippen LogP contribution < -0.4 is 21.7 Å². The van der Waals surface area contributed by atoms with Gasteiger partial charge in [-0.3, -0.25) is 14.4 Å². The largest absolute Gasteiger partial charge is 0.480 e. The zero-order chi connectivity index (χ0) is 24.1. The first-order valence-electron chi connectivity index (χ1n) is 10.0. The Bertz CT molecular complexity index is 606. The minimum Gasteiger partial charge on any atom is -0.480 e. The number of thioether (sulfide) groups is 2. The van der Waals surface area contributed by atoms with Crippen molar-refractivity contribution in [3.63, 3.8) is 0 Å². The second-order valence-corrected chi connectivity index (χ2v) is 9.50. The van der Waals surface area contributed by atoms with Crippen LogP contribution in [0.1, 0.15) is 33.6 Å². The molecule has 3 amide bonds. The lowest BCUT2D eigenvalue weighted by Gasteiger charge is -2.27. The van der Waals surface area contributed by atoms with Gasteiger partial charge in [0, 0.05) is 0 Å². The fraction of sp³-hybridized carbons (Fsp3) is 0.789. The molecule has 0 aliphatic rings. The first-order chi connectivity index (χ1) is 14.5. The first kappa shape index (κ1) is 29.5. The maximum absolute atomic E-state index is 12.9. The summed E-state index contributed by atoms with van der Waals surface area (Å²) in [7, 11) is 0. The predicted octanol–water partition coefficient (Wildman–Crippen LogP) is -0.604. The summed E-state index contributed by atoms with van der Waals surface area (Å²) in [6.07, 6.45) is 3.13. The van der Waals surface area contributed by atoms with Gasteiger partial charge in [0.2, 0.25) is 17.7 Å². The van der Waals surface area contributed by atoms with Gasteiger partial charge in [-0.2, -0.15) is 23.5 Å². The molecule has 0 aromatic rings. The smallest absolute Gasteiger partial charge is 0.328 e. The fourth-order valence-electron chi connectivity index (χ4n) is 2.58. The predicted molar refractivity (Wildman–Crippen MR) is 124 cm³/mol. The quantitative estimate of drug-likeness (QED) is 0.179. The number of nitrogens with two attached hydrogens (primary N) is 1. The zero-order valence-corrected chi connectivity index (χ0v) is 20.3. The molecule has 7 N–H and O–H groups in total. The van der Waals surface area contributed by atoms with E-state index in [4.69, 9.17) is 5.73 Å². The lowest BCUT2D eigenvalue weighted by atomic mass is 10.0. The topological polar surface area (TPSA) is 171 Å². The number of aliphatic hydroxyl groups is 1. The van der Waals surface area contributed by atoms with E-state index in [0.717, 1.165) is 0 Å². The number of amides is 3. The van der Waals surface area contributed by atoms with Crippen LogP contribution >= 0.6 is 23.5 Å². The van der Waals surface area contributed by atoms with Crippen molar-refractivity contribution in [3.05, 3.63) is 0 Å². The monoisotopic (exact) mass is 480 g/mol. The van der Waals surface area contributed by atoms with E-state index in [9.17, 15) is 29.4 Å². The summed E-state index contributed by atoms with van der Waals surface area (Å²) in [5, 5.41) is 26.3. The van der Waals surface area contributed by atoms with Crippen molar-refractivity contribution in [2.75, 3.05) is 24.0 Å². The highest BCUT2D eigenvalue weighted by Crippen LogP contribution is 2.08. The van der Waals surface area contributed by atoms with E-state index in [1.165, 1.54) is 18.7 Å². The first-order valence-corrected chi connectivity index (χ1v) is 12.8. The van der Waals surface area contributed by atoms with E-state index < -0.39 is 54.0 Å². The molecule has 0 radical (unpaired) electrons. The molecule has 0 bridgehead atoms. The number of rotatable bonds is 15. The van der Waals surface area contributed by atoms with E-state index in [-0.39, 0.29) is 12.3 Å². The highest BCUT2D eigenvalue weighted by Gasteiger charge is 2.32. The van der Waals surface area contributed by atoms with Crippen LogP contribution in [0.25, 0.3) is 0 Å². The Morgan fingerprint density at radius 2 is 1.35 bits per heavy atom. The summed E-state index contributed by atoms with van der Waals surface area (Å²) in [6, 6.07) is -4.19. The molecule has 0 aromatic carbocycles. The Morgan fingerprint density at radius 1 is 0.839 bits per heavy atom. The molecule has 10 nitrogen and oxygen atoms in total. The van der Waals surface area contributed by atoms with Crippen LogP contribution in [0.15, 0.2) is 0 Å². The lowest BCUT2D eigenvalue weighted by Crippen LogP contribution is -2.59. The number of carbonyl (C=O) groups excluding carboxylic acids is 3. The van der Waals surface area contributed by atoms with Crippen LogP contribution in [0.3, 0.4) is 0 Å². The average Bonchev–Trinajstić information content (AvgIpc) is 2.69. The van der Waals surface area contributed by atoms with Gasteiger partial charge < -0.3 is 31.9 Å². The molecule has 0 spiro atoms. The van der Waals surface area contributed by atoms with Crippen LogP contribution in [-0.4, -0.2) is 88.2 Å². The van der Waals surface area contributed by atoms with Gasteiger partial charge in [0.1, 0.15) is 12.1 Å². The Kier molecular flexibility index (Phi) is 14.6. The Labute approximate surface area is 192 Å². The number of carboxylic acids is 1. The molecule has 0 saturated carbocycles. The molecule has 0 fully saturated rings. The zero-order valence-electron chi connectivity index (χ0n) is 18.7. The molecule has 31 heavy (non-hydrogen) atoms. The lowest BCUT2D eigenvalue weighted by molar-refractivity contribution is -0.145. The summed E-state index contributed by atoms with van der Waals surface area (Å²) in [5.41, 5.74) is 5.88. The van der Waals surface area contributed by atoms with E-state index in [2.05, 4.69) is 16.0 Å². The average molecular weight is 481 g/mol. The number of hydrogen-bond donors (Lipinski definition) is 6. The Balaban J connectivity index is 5.32. The Morgan fingerprint density at radius 3 is 1.81 bits per heavy atom. The SMILES string of the molecule is CSCCC(N)C(=O)NC(C(=O)NC(CCSC)C(=O)NC(C(=O)O)C(C)O)C(C)C. The standard InChI is InChI=1S/C19H36N4O6S2/c1-10(2)14(22-16(25)12(20)6-8-30-4)18(27)21-13(7-9-31-5)17(26)23-15(11(3)24)19(28)29/h10-15,24H,6-9,20H2,1-5H3,(H,21,27)(H,22,25)(H,23,26)(H,28,29). The molecule has 0 aromatic heterocycles. The molecular formula is C19H36N4O6S2. The number of hydrogen-bond acceptors (Lipinski definition) is 8. The second kappa shape index (κ2) is 15.3. The Hall–Kier alpha value is -1.50. The molecule has 12 heteroatoms. The maximum Gasteiger partial charge on any atom is 0.328 e. The van der Waals surface area contributed by atoms with Crippen LogP contribution in [-0.2, 0) is 19.2 Å². The second-order valence-electron chi connectivity index (χ2n) is 7.53. The van der Waals surface area contributed by atoms with Crippen molar-refractivity contribution in [3.8, 4) is 0 Å².